The van der Waals surface area contributed by atoms with Gasteiger partial charge in [-0.1, -0.05) is 5.16 Å². The highest BCUT2D eigenvalue weighted by atomic mass is 16.5. The van der Waals surface area contributed by atoms with E-state index in [2.05, 4.69) is 15.0 Å². The minimum absolute atomic E-state index is 0.376. The molecule has 1 aliphatic carbocycles. The van der Waals surface area contributed by atoms with E-state index < -0.39 is 0 Å². The zero-order valence-electron chi connectivity index (χ0n) is 9.43. The molecular weight excluding hydrogens is 204 g/mol. The van der Waals surface area contributed by atoms with Crippen molar-refractivity contribution in [1.82, 2.24) is 10.1 Å². The van der Waals surface area contributed by atoms with Crippen LogP contribution in [-0.2, 0) is 0 Å². The molecule has 1 unspecified atom stereocenters. The Hall–Kier alpha value is -1.10. The summed E-state index contributed by atoms with van der Waals surface area (Å²) in [4.78, 5) is 6.67. The lowest BCUT2D eigenvalue weighted by Gasteiger charge is -2.33. The van der Waals surface area contributed by atoms with Crippen molar-refractivity contribution in [3.05, 3.63) is 5.82 Å². The molecule has 0 bridgehead atoms. The van der Waals surface area contributed by atoms with Crippen molar-refractivity contribution in [2.75, 3.05) is 18.0 Å². The highest BCUT2D eigenvalue weighted by molar-refractivity contribution is 5.29. The molecule has 0 spiro atoms. The molecule has 0 aromatic carbocycles. The summed E-state index contributed by atoms with van der Waals surface area (Å²) in [6, 6.07) is 1.05. The monoisotopic (exact) mass is 222 g/mol. The third-order valence-electron chi connectivity index (χ3n) is 3.52. The number of rotatable bonds is 3. The van der Waals surface area contributed by atoms with Crippen LogP contribution in [0.1, 0.15) is 43.8 Å². The Balaban J connectivity index is 1.77. The van der Waals surface area contributed by atoms with E-state index in [1.165, 1.54) is 25.7 Å². The van der Waals surface area contributed by atoms with Gasteiger partial charge in [-0.2, -0.15) is 4.98 Å². The van der Waals surface area contributed by atoms with Gasteiger partial charge in [0.2, 0.25) is 0 Å². The second-order valence-corrected chi connectivity index (χ2v) is 4.79. The van der Waals surface area contributed by atoms with E-state index in [-0.39, 0.29) is 0 Å². The summed E-state index contributed by atoms with van der Waals surface area (Å²) in [7, 11) is 0. The third kappa shape index (κ3) is 1.80. The molecule has 2 heterocycles. The molecule has 1 saturated heterocycles. The zero-order chi connectivity index (χ0) is 11.0. The minimum atomic E-state index is 0.376. The van der Waals surface area contributed by atoms with Crippen LogP contribution in [0.3, 0.4) is 0 Å². The van der Waals surface area contributed by atoms with Crippen LogP contribution in [0, 0.1) is 0 Å². The second kappa shape index (κ2) is 4.05. The fourth-order valence-corrected chi connectivity index (χ4v) is 2.35. The predicted octanol–water partition coefficient (Wildman–Crippen LogP) is 1.26. The van der Waals surface area contributed by atoms with Crippen LogP contribution in [-0.4, -0.2) is 29.3 Å². The first-order valence-corrected chi connectivity index (χ1v) is 6.19. The summed E-state index contributed by atoms with van der Waals surface area (Å²) in [5.74, 6) is 1.44. The van der Waals surface area contributed by atoms with Crippen molar-refractivity contribution in [3.63, 3.8) is 0 Å². The Morgan fingerprint density at radius 1 is 1.31 bits per heavy atom. The summed E-state index contributed by atoms with van der Waals surface area (Å²) in [5, 5.41) is 4.05. The predicted molar refractivity (Wildman–Crippen MR) is 60.3 cm³/mol. The first-order valence-electron chi connectivity index (χ1n) is 6.19. The molecule has 1 saturated carbocycles. The molecular formula is C11H18N4O. The molecule has 5 nitrogen and oxygen atoms in total. The molecule has 2 aliphatic rings. The van der Waals surface area contributed by atoms with Crippen LogP contribution < -0.4 is 10.6 Å². The Bertz CT molecular complexity index is 361. The van der Waals surface area contributed by atoms with Gasteiger partial charge in [-0.25, -0.2) is 0 Å². The van der Waals surface area contributed by atoms with Crippen LogP contribution in [0.15, 0.2) is 4.52 Å². The summed E-state index contributed by atoms with van der Waals surface area (Å²) in [6.07, 6.45) is 6.00. The molecule has 0 amide bonds. The van der Waals surface area contributed by atoms with Gasteiger partial charge < -0.3 is 15.2 Å². The fourth-order valence-electron chi connectivity index (χ4n) is 2.35. The molecule has 1 aromatic rings. The number of anilines is 1. The van der Waals surface area contributed by atoms with Crippen LogP contribution in [0.25, 0.3) is 0 Å². The number of aromatic nitrogens is 2. The van der Waals surface area contributed by atoms with Crippen LogP contribution >= 0.6 is 0 Å². The summed E-state index contributed by atoms with van der Waals surface area (Å²) >= 11 is 0. The van der Waals surface area contributed by atoms with Crippen molar-refractivity contribution < 1.29 is 4.52 Å². The van der Waals surface area contributed by atoms with E-state index in [1.54, 1.807) is 0 Å². The van der Waals surface area contributed by atoms with E-state index in [0.29, 0.717) is 24.5 Å². The Labute approximate surface area is 95.0 Å². The number of hydrogen-bond donors (Lipinski definition) is 1. The number of hydrogen-bond acceptors (Lipinski definition) is 5. The smallest absolute Gasteiger partial charge is 0.324 e. The highest BCUT2D eigenvalue weighted by Crippen LogP contribution is 2.39. The summed E-state index contributed by atoms with van der Waals surface area (Å²) in [6.45, 7) is 1.66. The lowest BCUT2D eigenvalue weighted by atomic mass is 10.0. The maximum absolute atomic E-state index is 5.78. The van der Waals surface area contributed by atoms with Crippen molar-refractivity contribution in [1.29, 1.82) is 0 Å². The SMILES string of the molecule is NCC1CCCCN1c1nc(C2CC2)no1. The molecule has 16 heavy (non-hydrogen) atoms. The lowest BCUT2D eigenvalue weighted by molar-refractivity contribution is 0.370. The largest absolute Gasteiger partial charge is 0.328 e. The third-order valence-corrected chi connectivity index (χ3v) is 3.52. The van der Waals surface area contributed by atoms with Gasteiger partial charge in [0, 0.05) is 25.0 Å². The van der Waals surface area contributed by atoms with E-state index in [4.69, 9.17) is 10.3 Å². The second-order valence-electron chi connectivity index (χ2n) is 4.79. The normalized spacial score (nSPS) is 26.1. The van der Waals surface area contributed by atoms with Gasteiger partial charge in [0.1, 0.15) is 0 Å². The van der Waals surface area contributed by atoms with E-state index in [9.17, 15) is 0 Å². The van der Waals surface area contributed by atoms with Gasteiger partial charge in [0.25, 0.3) is 0 Å². The van der Waals surface area contributed by atoms with Crippen LogP contribution in [0.5, 0.6) is 0 Å². The topological polar surface area (TPSA) is 68.2 Å². The first kappa shape index (κ1) is 10.1. The van der Waals surface area contributed by atoms with Gasteiger partial charge in [0.15, 0.2) is 5.82 Å². The van der Waals surface area contributed by atoms with Gasteiger partial charge >= 0.3 is 6.01 Å². The Morgan fingerprint density at radius 2 is 2.19 bits per heavy atom. The highest BCUT2D eigenvalue weighted by Gasteiger charge is 2.31. The number of nitrogens with two attached hydrogens (primary N) is 1. The average Bonchev–Trinajstić information content (AvgIpc) is 3.07. The van der Waals surface area contributed by atoms with Gasteiger partial charge in [0.05, 0.1) is 0 Å². The Kier molecular flexibility index (Phi) is 2.55. The van der Waals surface area contributed by atoms with Gasteiger partial charge in [-0.05, 0) is 32.1 Å². The molecule has 0 radical (unpaired) electrons. The summed E-state index contributed by atoms with van der Waals surface area (Å²) in [5.41, 5.74) is 5.78. The van der Waals surface area contributed by atoms with Crippen molar-refractivity contribution in [3.8, 4) is 0 Å². The lowest BCUT2D eigenvalue weighted by Crippen LogP contribution is -2.44. The van der Waals surface area contributed by atoms with E-state index in [0.717, 1.165) is 18.8 Å². The van der Waals surface area contributed by atoms with E-state index in [1.807, 2.05) is 0 Å². The maximum atomic E-state index is 5.78. The Morgan fingerprint density at radius 3 is 2.94 bits per heavy atom. The molecule has 1 atom stereocenters. The molecule has 3 rings (SSSR count). The van der Waals surface area contributed by atoms with Gasteiger partial charge in [-0.3, -0.25) is 0 Å². The zero-order valence-corrected chi connectivity index (χ0v) is 9.43. The van der Waals surface area contributed by atoms with Crippen molar-refractivity contribution >= 4 is 6.01 Å². The summed E-state index contributed by atoms with van der Waals surface area (Å²) < 4.78 is 5.35. The minimum Gasteiger partial charge on any atom is -0.328 e. The molecule has 2 N–H and O–H groups in total. The molecule has 5 heteroatoms. The van der Waals surface area contributed by atoms with Crippen LogP contribution in [0.2, 0.25) is 0 Å². The molecule has 2 fully saturated rings. The molecule has 88 valence electrons. The molecule has 1 aliphatic heterocycles. The van der Waals surface area contributed by atoms with Crippen molar-refractivity contribution in [2.45, 2.75) is 44.1 Å². The standard InChI is InChI=1S/C11H18N4O/c12-7-9-3-1-2-6-15(9)11-13-10(14-16-11)8-4-5-8/h8-9H,1-7,12H2. The maximum Gasteiger partial charge on any atom is 0.324 e. The average molecular weight is 222 g/mol. The molecule has 1 aromatic heterocycles. The quantitative estimate of drug-likeness (QED) is 0.834. The fraction of sp³-hybridized carbons (Fsp3) is 0.818. The van der Waals surface area contributed by atoms with Crippen molar-refractivity contribution in [2.24, 2.45) is 5.73 Å². The van der Waals surface area contributed by atoms with Gasteiger partial charge in [-0.15, -0.1) is 0 Å². The number of nitrogens with zero attached hydrogens (tertiary/aromatic N) is 3. The van der Waals surface area contributed by atoms with E-state index >= 15 is 0 Å². The first-order chi connectivity index (χ1) is 7.88. The van der Waals surface area contributed by atoms with Crippen LogP contribution in [0.4, 0.5) is 6.01 Å². The number of piperidine rings is 1.